The van der Waals surface area contributed by atoms with E-state index in [1.165, 1.54) is 12.8 Å². The van der Waals surface area contributed by atoms with Crippen LogP contribution in [0.1, 0.15) is 19.3 Å². The highest BCUT2D eigenvalue weighted by Gasteiger charge is 2.32. The SMILES string of the molecule is CS[C@@H]1CCC[C@H]1N(C)C(=O)CN1CCN(c2ccccn2)CC1. The molecule has 1 aliphatic heterocycles. The van der Waals surface area contributed by atoms with Crippen molar-refractivity contribution in [1.29, 1.82) is 0 Å². The zero-order chi connectivity index (χ0) is 16.9. The van der Waals surface area contributed by atoms with Crippen molar-refractivity contribution in [3.05, 3.63) is 24.4 Å². The van der Waals surface area contributed by atoms with Gasteiger partial charge in [0.2, 0.25) is 5.91 Å². The summed E-state index contributed by atoms with van der Waals surface area (Å²) in [7, 11) is 1.99. The minimum atomic E-state index is 0.271. The molecule has 1 aromatic heterocycles. The second kappa shape index (κ2) is 8.21. The highest BCUT2D eigenvalue weighted by Crippen LogP contribution is 2.31. The maximum Gasteiger partial charge on any atom is 0.236 e. The van der Waals surface area contributed by atoms with E-state index in [-0.39, 0.29) is 5.91 Å². The molecule has 5 nitrogen and oxygen atoms in total. The summed E-state index contributed by atoms with van der Waals surface area (Å²) in [4.78, 5) is 23.7. The lowest BCUT2D eigenvalue weighted by Crippen LogP contribution is -2.51. The molecule has 1 saturated heterocycles. The number of amides is 1. The highest BCUT2D eigenvalue weighted by molar-refractivity contribution is 7.99. The molecular weight excluding hydrogens is 320 g/mol. The Kier molecular flexibility index (Phi) is 6.00. The molecule has 1 amide bonds. The van der Waals surface area contributed by atoms with E-state index < -0.39 is 0 Å². The average Bonchev–Trinajstić information content (AvgIpc) is 3.11. The van der Waals surface area contributed by atoms with Gasteiger partial charge in [-0.2, -0.15) is 11.8 Å². The van der Waals surface area contributed by atoms with Crippen LogP contribution in [0.4, 0.5) is 5.82 Å². The molecule has 1 aromatic rings. The first-order chi connectivity index (χ1) is 11.7. The average molecular weight is 349 g/mol. The Labute approximate surface area is 149 Å². The molecule has 0 aromatic carbocycles. The maximum absolute atomic E-state index is 12.7. The highest BCUT2D eigenvalue weighted by atomic mass is 32.2. The van der Waals surface area contributed by atoms with Gasteiger partial charge in [-0.15, -0.1) is 0 Å². The van der Waals surface area contributed by atoms with Crippen LogP contribution < -0.4 is 4.90 Å². The van der Waals surface area contributed by atoms with E-state index in [1.54, 1.807) is 0 Å². The molecule has 0 bridgehead atoms. The molecule has 2 atom stereocenters. The predicted octanol–water partition coefficient (Wildman–Crippen LogP) is 1.95. The molecule has 2 aliphatic rings. The smallest absolute Gasteiger partial charge is 0.236 e. The lowest BCUT2D eigenvalue weighted by molar-refractivity contribution is -0.133. The molecule has 6 heteroatoms. The summed E-state index contributed by atoms with van der Waals surface area (Å²) < 4.78 is 0. The topological polar surface area (TPSA) is 39.7 Å². The van der Waals surface area contributed by atoms with Crippen molar-refractivity contribution in [3.63, 3.8) is 0 Å². The van der Waals surface area contributed by atoms with Gasteiger partial charge in [0, 0.05) is 50.7 Å². The van der Waals surface area contributed by atoms with Crippen LogP contribution in [0.3, 0.4) is 0 Å². The van der Waals surface area contributed by atoms with Gasteiger partial charge in [-0.25, -0.2) is 4.98 Å². The Bertz CT molecular complexity index is 533. The summed E-state index contributed by atoms with van der Waals surface area (Å²) >= 11 is 1.91. The first kappa shape index (κ1) is 17.5. The van der Waals surface area contributed by atoms with Crippen LogP contribution in [-0.4, -0.2) is 78.0 Å². The number of nitrogens with zero attached hydrogens (tertiary/aromatic N) is 4. The third-order valence-electron chi connectivity index (χ3n) is 5.32. The van der Waals surface area contributed by atoms with Crippen LogP contribution in [0.5, 0.6) is 0 Å². The Morgan fingerprint density at radius 3 is 2.75 bits per heavy atom. The quantitative estimate of drug-likeness (QED) is 0.813. The van der Waals surface area contributed by atoms with Gasteiger partial charge in [0.25, 0.3) is 0 Å². The Balaban J connectivity index is 1.48. The Hall–Kier alpha value is -1.27. The fourth-order valence-electron chi connectivity index (χ4n) is 3.79. The number of hydrogen-bond donors (Lipinski definition) is 0. The molecule has 132 valence electrons. The molecule has 2 fully saturated rings. The lowest BCUT2D eigenvalue weighted by Gasteiger charge is -2.36. The molecule has 1 aliphatic carbocycles. The van der Waals surface area contributed by atoms with Gasteiger partial charge in [-0.05, 0) is 31.2 Å². The number of pyridine rings is 1. The number of aromatic nitrogens is 1. The number of carbonyl (C=O) groups excluding carboxylic acids is 1. The molecule has 0 spiro atoms. The summed E-state index contributed by atoms with van der Waals surface area (Å²) in [5.74, 6) is 1.31. The summed E-state index contributed by atoms with van der Waals surface area (Å²) in [6.07, 6.45) is 7.64. The van der Waals surface area contributed by atoms with Gasteiger partial charge in [0.15, 0.2) is 0 Å². The van der Waals surface area contributed by atoms with Gasteiger partial charge in [-0.1, -0.05) is 12.5 Å². The lowest BCUT2D eigenvalue weighted by atomic mass is 10.2. The standard InChI is InChI=1S/C18H28N4OS/c1-20(15-6-5-7-16(15)24-2)18(23)14-21-10-12-22(13-11-21)17-8-3-4-9-19-17/h3-4,8-9,15-16H,5-7,10-14H2,1-2H3/t15-,16-/m1/s1. The molecule has 0 unspecified atom stereocenters. The first-order valence-corrected chi connectivity index (χ1v) is 10.1. The van der Waals surface area contributed by atoms with E-state index in [4.69, 9.17) is 0 Å². The fourth-order valence-corrected chi connectivity index (χ4v) is 4.82. The zero-order valence-corrected chi connectivity index (χ0v) is 15.5. The van der Waals surface area contributed by atoms with Crippen molar-refractivity contribution in [1.82, 2.24) is 14.8 Å². The van der Waals surface area contributed by atoms with Crippen LogP contribution in [-0.2, 0) is 4.79 Å². The first-order valence-electron chi connectivity index (χ1n) is 8.86. The number of piperazine rings is 1. The predicted molar refractivity (Wildman–Crippen MR) is 101 cm³/mol. The monoisotopic (exact) mass is 348 g/mol. The Morgan fingerprint density at radius 1 is 1.29 bits per heavy atom. The van der Waals surface area contributed by atoms with Crippen molar-refractivity contribution in [2.75, 3.05) is 50.9 Å². The van der Waals surface area contributed by atoms with Gasteiger partial charge in [0.1, 0.15) is 5.82 Å². The van der Waals surface area contributed by atoms with Crippen molar-refractivity contribution >= 4 is 23.5 Å². The van der Waals surface area contributed by atoms with E-state index >= 15 is 0 Å². The van der Waals surface area contributed by atoms with E-state index in [0.29, 0.717) is 17.8 Å². The molecular formula is C18H28N4OS. The van der Waals surface area contributed by atoms with Gasteiger partial charge in [-0.3, -0.25) is 9.69 Å². The number of rotatable bonds is 5. The Morgan fingerprint density at radius 2 is 2.08 bits per heavy atom. The van der Waals surface area contributed by atoms with Crippen LogP contribution in [0, 0.1) is 0 Å². The summed E-state index contributed by atoms with van der Waals surface area (Å²) in [5.41, 5.74) is 0. The summed E-state index contributed by atoms with van der Waals surface area (Å²) in [6.45, 7) is 4.26. The number of likely N-dealkylation sites (N-methyl/N-ethyl adjacent to an activating group) is 1. The fraction of sp³-hybridized carbons (Fsp3) is 0.667. The van der Waals surface area contributed by atoms with E-state index in [1.807, 2.05) is 42.0 Å². The van der Waals surface area contributed by atoms with Gasteiger partial charge < -0.3 is 9.80 Å². The van der Waals surface area contributed by atoms with Crippen molar-refractivity contribution < 1.29 is 4.79 Å². The number of anilines is 1. The third-order valence-corrected chi connectivity index (χ3v) is 6.47. The van der Waals surface area contributed by atoms with Gasteiger partial charge >= 0.3 is 0 Å². The largest absolute Gasteiger partial charge is 0.354 e. The second-order valence-corrected chi connectivity index (χ2v) is 7.81. The third kappa shape index (κ3) is 4.03. The van der Waals surface area contributed by atoms with Crippen LogP contribution in [0.15, 0.2) is 24.4 Å². The van der Waals surface area contributed by atoms with E-state index in [0.717, 1.165) is 38.4 Å². The molecule has 1 saturated carbocycles. The normalized spacial score (nSPS) is 25.0. The number of thioether (sulfide) groups is 1. The van der Waals surface area contributed by atoms with Gasteiger partial charge in [0.05, 0.1) is 6.54 Å². The molecule has 0 N–H and O–H groups in total. The van der Waals surface area contributed by atoms with Crippen molar-refractivity contribution in [2.24, 2.45) is 0 Å². The van der Waals surface area contributed by atoms with E-state index in [2.05, 4.69) is 27.1 Å². The zero-order valence-electron chi connectivity index (χ0n) is 14.7. The maximum atomic E-state index is 12.7. The summed E-state index contributed by atoms with van der Waals surface area (Å²) in [5, 5.41) is 0.611. The molecule has 2 heterocycles. The number of carbonyl (C=O) groups is 1. The minimum Gasteiger partial charge on any atom is -0.354 e. The molecule has 3 rings (SSSR count). The molecule has 0 radical (unpaired) electrons. The van der Waals surface area contributed by atoms with Crippen molar-refractivity contribution in [3.8, 4) is 0 Å². The minimum absolute atomic E-state index is 0.271. The summed E-state index contributed by atoms with van der Waals surface area (Å²) in [6, 6.07) is 6.44. The van der Waals surface area contributed by atoms with Crippen LogP contribution in [0.2, 0.25) is 0 Å². The van der Waals surface area contributed by atoms with Crippen LogP contribution in [0.25, 0.3) is 0 Å². The second-order valence-electron chi connectivity index (χ2n) is 6.73. The van der Waals surface area contributed by atoms with E-state index in [9.17, 15) is 4.79 Å². The number of hydrogen-bond acceptors (Lipinski definition) is 5. The van der Waals surface area contributed by atoms with Crippen LogP contribution >= 0.6 is 11.8 Å². The van der Waals surface area contributed by atoms with Crippen molar-refractivity contribution in [2.45, 2.75) is 30.6 Å². The molecule has 24 heavy (non-hydrogen) atoms.